The number of amides is 1. The van der Waals surface area contributed by atoms with Crippen molar-refractivity contribution in [1.82, 2.24) is 9.62 Å². The molecule has 0 aliphatic carbocycles. The second-order valence-corrected chi connectivity index (χ2v) is 6.50. The highest BCUT2D eigenvalue weighted by atomic mass is 32.2. The van der Waals surface area contributed by atoms with Gasteiger partial charge in [0.1, 0.15) is 0 Å². The summed E-state index contributed by atoms with van der Waals surface area (Å²) < 4.78 is 24.3. The summed E-state index contributed by atoms with van der Waals surface area (Å²) in [5, 5.41) is 3.89. The summed E-state index contributed by atoms with van der Waals surface area (Å²) in [4.78, 5) is 13.4. The van der Waals surface area contributed by atoms with Gasteiger partial charge in [0.05, 0.1) is 12.3 Å². The normalized spacial score (nSPS) is 13.4. The average Bonchev–Trinajstić information content (AvgIpc) is 2.66. The van der Waals surface area contributed by atoms with Crippen LogP contribution in [0.25, 0.3) is 0 Å². The van der Waals surface area contributed by atoms with Gasteiger partial charge in [-0.15, -0.1) is 0 Å². The SMILES string of the molecule is CC(NS(C)(=O)=O)C(=O)N(C)Cc1ccsc1. The fraction of sp³-hybridized carbons (Fsp3) is 0.500. The highest BCUT2D eigenvalue weighted by Crippen LogP contribution is 2.09. The Kier molecular flexibility index (Phi) is 4.67. The Morgan fingerprint density at radius 2 is 2.24 bits per heavy atom. The minimum atomic E-state index is -3.36. The number of hydrogen-bond acceptors (Lipinski definition) is 4. The Balaban J connectivity index is 2.57. The molecule has 0 saturated carbocycles. The lowest BCUT2D eigenvalue weighted by molar-refractivity contribution is -0.131. The fourth-order valence-corrected chi connectivity index (χ4v) is 2.84. The van der Waals surface area contributed by atoms with Gasteiger partial charge in [-0.25, -0.2) is 13.1 Å². The lowest BCUT2D eigenvalue weighted by Crippen LogP contribution is -2.44. The van der Waals surface area contributed by atoms with Gasteiger partial charge < -0.3 is 4.90 Å². The monoisotopic (exact) mass is 276 g/mol. The molecule has 1 rings (SSSR count). The Labute approximate surface area is 105 Å². The largest absolute Gasteiger partial charge is 0.340 e. The third kappa shape index (κ3) is 4.84. The molecule has 0 fully saturated rings. The van der Waals surface area contributed by atoms with Crippen LogP contribution in [0.4, 0.5) is 0 Å². The van der Waals surface area contributed by atoms with Crippen LogP contribution in [-0.2, 0) is 21.4 Å². The van der Waals surface area contributed by atoms with Gasteiger partial charge in [-0.05, 0) is 29.3 Å². The van der Waals surface area contributed by atoms with E-state index < -0.39 is 16.1 Å². The highest BCUT2D eigenvalue weighted by molar-refractivity contribution is 7.88. The topological polar surface area (TPSA) is 66.5 Å². The number of thiophene rings is 1. The summed E-state index contributed by atoms with van der Waals surface area (Å²) in [6, 6.07) is 1.19. The standard InChI is InChI=1S/C10H16N2O3S2/c1-8(11-17(3,14)15)10(13)12(2)6-9-4-5-16-7-9/h4-5,7-8,11H,6H2,1-3H3. The fourth-order valence-electron chi connectivity index (χ4n) is 1.44. The predicted octanol–water partition coefficient (Wildman–Crippen LogP) is 0.644. The minimum absolute atomic E-state index is 0.248. The molecular weight excluding hydrogens is 260 g/mol. The number of likely N-dealkylation sites (N-methyl/N-ethyl adjacent to an activating group) is 1. The molecule has 0 aromatic carbocycles. The number of nitrogens with one attached hydrogen (secondary N) is 1. The van der Waals surface area contributed by atoms with Crippen molar-refractivity contribution in [2.45, 2.75) is 19.5 Å². The molecule has 1 aromatic rings. The van der Waals surface area contributed by atoms with Crippen molar-refractivity contribution < 1.29 is 13.2 Å². The van der Waals surface area contributed by atoms with E-state index in [1.54, 1.807) is 18.4 Å². The van der Waals surface area contributed by atoms with Crippen molar-refractivity contribution >= 4 is 27.3 Å². The van der Waals surface area contributed by atoms with Crippen LogP contribution in [0, 0.1) is 0 Å². The van der Waals surface area contributed by atoms with Crippen molar-refractivity contribution in [3.63, 3.8) is 0 Å². The van der Waals surface area contributed by atoms with Crippen molar-refractivity contribution in [3.05, 3.63) is 22.4 Å². The number of nitrogens with zero attached hydrogens (tertiary/aromatic N) is 1. The van der Waals surface area contributed by atoms with E-state index in [1.165, 1.54) is 11.8 Å². The number of rotatable bonds is 5. The van der Waals surface area contributed by atoms with Crippen molar-refractivity contribution in [3.8, 4) is 0 Å². The quantitative estimate of drug-likeness (QED) is 0.858. The van der Waals surface area contributed by atoms with E-state index >= 15 is 0 Å². The van der Waals surface area contributed by atoms with Crippen molar-refractivity contribution in [2.75, 3.05) is 13.3 Å². The van der Waals surface area contributed by atoms with Gasteiger partial charge in [0, 0.05) is 13.6 Å². The maximum Gasteiger partial charge on any atom is 0.240 e. The molecule has 1 heterocycles. The summed E-state index contributed by atoms with van der Waals surface area (Å²) in [6.45, 7) is 2.02. The molecule has 7 heteroatoms. The molecule has 96 valence electrons. The molecule has 1 N–H and O–H groups in total. The Bertz CT molecular complexity index is 468. The summed E-state index contributed by atoms with van der Waals surface area (Å²) in [5.41, 5.74) is 1.04. The smallest absolute Gasteiger partial charge is 0.240 e. The van der Waals surface area contributed by atoms with Crippen LogP contribution in [-0.4, -0.2) is 38.6 Å². The molecule has 17 heavy (non-hydrogen) atoms. The second-order valence-electron chi connectivity index (χ2n) is 3.94. The highest BCUT2D eigenvalue weighted by Gasteiger charge is 2.20. The van der Waals surface area contributed by atoms with Gasteiger partial charge in [-0.3, -0.25) is 4.79 Å². The third-order valence-corrected chi connectivity index (χ3v) is 3.65. The van der Waals surface area contributed by atoms with E-state index in [4.69, 9.17) is 0 Å². The number of sulfonamides is 1. The van der Waals surface area contributed by atoms with Gasteiger partial charge in [-0.2, -0.15) is 11.3 Å². The molecule has 1 aromatic heterocycles. The van der Waals surface area contributed by atoms with Gasteiger partial charge in [0.2, 0.25) is 15.9 Å². The molecule has 5 nitrogen and oxygen atoms in total. The zero-order valence-corrected chi connectivity index (χ0v) is 11.6. The molecule has 0 aliphatic rings. The Morgan fingerprint density at radius 1 is 1.59 bits per heavy atom. The van der Waals surface area contributed by atoms with Crippen LogP contribution in [0.5, 0.6) is 0 Å². The van der Waals surface area contributed by atoms with Crippen LogP contribution in [0.2, 0.25) is 0 Å². The molecule has 0 bridgehead atoms. The Morgan fingerprint density at radius 3 is 2.71 bits per heavy atom. The second kappa shape index (κ2) is 5.61. The zero-order valence-electron chi connectivity index (χ0n) is 10.0. The van der Waals surface area contributed by atoms with E-state index in [0.717, 1.165) is 11.8 Å². The molecular formula is C10H16N2O3S2. The molecule has 0 spiro atoms. The van der Waals surface area contributed by atoms with E-state index in [0.29, 0.717) is 6.54 Å². The minimum Gasteiger partial charge on any atom is -0.340 e. The van der Waals surface area contributed by atoms with Crippen molar-refractivity contribution in [2.24, 2.45) is 0 Å². The van der Waals surface area contributed by atoms with E-state index in [2.05, 4.69) is 4.72 Å². The number of carbonyl (C=O) groups is 1. The van der Waals surface area contributed by atoms with E-state index in [-0.39, 0.29) is 5.91 Å². The Hall–Kier alpha value is -0.920. The van der Waals surface area contributed by atoms with Gasteiger partial charge >= 0.3 is 0 Å². The molecule has 1 amide bonds. The lowest BCUT2D eigenvalue weighted by Gasteiger charge is -2.21. The molecule has 0 radical (unpaired) electrons. The summed E-state index contributed by atoms with van der Waals surface area (Å²) in [6.07, 6.45) is 1.04. The van der Waals surface area contributed by atoms with Crippen LogP contribution < -0.4 is 4.72 Å². The van der Waals surface area contributed by atoms with Gasteiger partial charge in [-0.1, -0.05) is 0 Å². The first-order valence-electron chi connectivity index (χ1n) is 5.03. The average molecular weight is 276 g/mol. The first kappa shape index (κ1) is 14.1. The molecule has 0 aliphatic heterocycles. The first-order chi connectivity index (χ1) is 7.79. The maximum atomic E-state index is 11.8. The summed E-state index contributed by atoms with van der Waals surface area (Å²) >= 11 is 1.56. The van der Waals surface area contributed by atoms with Crippen LogP contribution >= 0.6 is 11.3 Å². The maximum absolute atomic E-state index is 11.8. The molecule has 1 unspecified atom stereocenters. The van der Waals surface area contributed by atoms with E-state index in [9.17, 15) is 13.2 Å². The van der Waals surface area contributed by atoms with Gasteiger partial charge in [0.25, 0.3) is 0 Å². The summed E-state index contributed by atoms with van der Waals surface area (Å²) in [7, 11) is -1.71. The molecule has 1 atom stereocenters. The number of carbonyl (C=O) groups excluding carboxylic acids is 1. The number of hydrogen-bond donors (Lipinski definition) is 1. The van der Waals surface area contributed by atoms with Gasteiger partial charge in [0.15, 0.2) is 0 Å². The van der Waals surface area contributed by atoms with Crippen LogP contribution in [0.3, 0.4) is 0 Å². The zero-order chi connectivity index (χ0) is 13.1. The van der Waals surface area contributed by atoms with E-state index in [1.807, 2.05) is 16.8 Å². The first-order valence-corrected chi connectivity index (χ1v) is 7.86. The van der Waals surface area contributed by atoms with Crippen LogP contribution in [0.15, 0.2) is 16.8 Å². The predicted molar refractivity (Wildman–Crippen MR) is 68.2 cm³/mol. The lowest BCUT2D eigenvalue weighted by atomic mass is 10.2. The third-order valence-electron chi connectivity index (χ3n) is 2.14. The summed E-state index contributed by atoms with van der Waals surface area (Å²) in [5.74, 6) is -0.248. The van der Waals surface area contributed by atoms with Crippen LogP contribution in [0.1, 0.15) is 12.5 Å². The van der Waals surface area contributed by atoms with Crippen molar-refractivity contribution in [1.29, 1.82) is 0 Å². The molecule has 0 saturated heterocycles.